The number of benzene rings is 1. The smallest absolute Gasteiger partial charge is 0.255 e. The Hall–Kier alpha value is -2.74. The first kappa shape index (κ1) is 21.0. The Morgan fingerprint density at radius 2 is 2.14 bits per heavy atom. The van der Waals surface area contributed by atoms with Crippen LogP contribution in [0.2, 0.25) is 0 Å². The molecule has 0 aromatic heterocycles. The van der Waals surface area contributed by atoms with Gasteiger partial charge in [0.2, 0.25) is 11.8 Å². The van der Waals surface area contributed by atoms with Gasteiger partial charge in [0, 0.05) is 51.1 Å². The summed E-state index contributed by atoms with van der Waals surface area (Å²) in [5.41, 5.74) is 2.61. The maximum absolute atomic E-state index is 12.9. The summed E-state index contributed by atoms with van der Waals surface area (Å²) in [6, 6.07) is 5.47. The van der Waals surface area contributed by atoms with E-state index >= 15 is 0 Å². The molecule has 2 aliphatic heterocycles. The Kier molecular flexibility index (Phi) is 6.64. The van der Waals surface area contributed by atoms with Gasteiger partial charge in [-0.15, -0.1) is 0 Å². The van der Waals surface area contributed by atoms with Crippen molar-refractivity contribution in [1.29, 1.82) is 0 Å². The van der Waals surface area contributed by atoms with Gasteiger partial charge in [0.05, 0.1) is 0 Å². The summed E-state index contributed by atoms with van der Waals surface area (Å²) in [5, 5.41) is 8.99. The second-order valence-electron chi connectivity index (χ2n) is 7.66. The molecule has 1 saturated heterocycles. The molecule has 3 rings (SSSR count). The Labute approximate surface area is 170 Å². The first-order valence-corrected chi connectivity index (χ1v) is 10.0. The fraction of sp³-hybridized carbons (Fsp3) is 0.524. The van der Waals surface area contributed by atoms with Gasteiger partial charge in [-0.25, -0.2) is 0 Å². The van der Waals surface area contributed by atoms with E-state index in [0.29, 0.717) is 25.1 Å². The summed E-state index contributed by atoms with van der Waals surface area (Å²) in [5.74, 6) is -0.453. The van der Waals surface area contributed by atoms with Gasteiger partial charge in [-0.2, -0.15) is 0 Å². The van der Waals surface area contributed by atoms with Crippen LogP contribution in [0.3, 0.4) is 0 Å². The van der Waals surface area contributed by atoms with Gasteiger partial charge in [0.15, 0.2) is 0 Å². The van der Waals surface area contributed by atoms with E-state index in [9.17, 15) is 19.2 Å². The summed E-state index contributed by atoms with van der Waals surface area (Å²) in [6.07, 6.45) is 3.09. The molecule has 0 aliphatic carbocycles. The molecule has 2 aliphatic rings. The van der Waals surface area contributed by atoms with Crippen LogP contribution in [0.4, 0.5) is 0 Å². The normalized spacial score (nSPS) is 22.0. The lowest BCUT2D eigenvalue weighted by atomic mass is 9.93. The number of nitrogens with one attached hydrogen (secondary N) is 3. The number of hydrogen-bond acceptors (Lipinski definition) is 5. The maximum Gasteiger partial charge on any atom is 0.255 e. The molecule has 156 valence electrons. The molecule has 0 saturated carbocycles. The number of nitrogens with zero attached hydrogens (tertiary/aromatic N) is 1. The number of carbonyl (C=O) groups is 4. The molecule has 3 atom stereocenters. The van der Waals surface area contributed by atoms with Crippen molar-refractivity contribution < 1.29 is 19.2 Å². The molecule has 0 radical (unpaired) electrons. The number of carbonyl (C=O) groups excluding carboxylic acids is 4. The minimum Gasteiger partial charge on any atom is -0.357 e. The molecule has 0 bridgehead atoms. The van der Waals surface area contributed by atoms with E-state index < -0.39 is 6.04 Å². The second-order valence-corrected chi connectivity index (χ2v) is 7.66. The first-order valence-electron chi connectivity index (χ1n) is 10.0. The number of likely N-dealkylation sites (N-methyl/N-ethyl adjacent to an activating group) is 1. The SMILES string of the molecule is CNC(=O)C(CCC=O)N1Cc2cc(C3CCC(NC(C)=O)CN3)ccc2C1=O. The van der Waals surface area contributed by atoms with E-state index in [1.165, 1.54) is 14.0 Å². The third-order valence-corrected chi connectivity index (χ3v) is 5.67. The van der Waals surface area contributed by atoms with Gasteiger partial charge in [0.25, 0.3) is 5.91 Å². The Bertz CT molecular complexity index is 802. The van der Waals surface area contributed by atoms with Crippen LogP contribution < -0.4 is 16.0 Å². The summed E-state index contributed by atoms with van der Waals surface area (Å²) in [6.45, 7) is 2.59. The van der Waals surface area contributed by atoms with Crippen LogP contribution >= 0.6 is 0 Å². The highest BCUT2D eigenvalue weighted by molar-refractivity contribution is 6.01. The maximum atomic E-state index is 12.9. The largest absolute Gasteiger partial charge is 0.357 e. The zero-order chi connectivity index (χ0) is 21.0. The van der Waals surface area contributed by atoms with Gasteiger partial charge in [0.1, 0.15) is 12.3 Å². The highest BCUT2D eigenvalue weighted by Crippen LogP contribution is 2.31. The summed E-state index contributed by atoms with van der Waals surface area (Å²) in [7, 11) is 1.53. The van der Waals surface area contributed by atoms with Crippen LogP contribution in [-0.2, 0) is 20.9 Å². The molecule has 29 heavy (non-hydrogen) atoms. The van der Waals surface area contributed by atoms with E-state index in [2.05, 4.69) is 16.0 Å². The second kappa shape index (κ2) is 9.17. The molecule has 3 amide bonds. The van der Waals surface area contributed by atoms with Crippen LogP contribution in [-0.4, -0.2) is 54.6 Å². The van der Waals surface area contributed by atoms with Crippen molar-refractivity contribution in [2.24, 2.45) is 0 Å². The predicted molar refractivity (Wildman–Crippen MR) is 107 cm³/mol. The van der Waals surface area contributed by atoms with Gasteiger partial charge >= 0.3 is 0 Å². The van der Waals surface area contributed by atoms with E-state index in [1.807, 2.05) is 18.2 Å². The average molecular weight is 400 g/mol. The minimum atomic E-state index is -0.653. The standard InChI is InChI=1S/C21H28N4O4/c1-13(27)24-16-6-8-18(23-11-16)14-5-7-17-15(10-14)12-25(21(17)29)19(4-3-9-26)20(28)22-2/h5,7,9-10,16,18-19,23H,3-4,6,8,11-12H2,1-2H3,(H,22,28)(H,24,27). The number of amides is 3. The number of aldehydes is 1. The third-order valence-electron chi connectivity index (χ3n) is 5.67. The van der Waals surface area contributed by atoms with Gasteiger partial charge in [-0.1, -0.05) is 12.1 Å². The fourth-order valence-corrected chi connectivity index (χ4v) is 4.20. The molecule has 3 N–H and O–H groups in total. The van der Waals surface area contributed by atoms with Gasteiger partial charge < -0.3 is 25.6 Å². The topological polar surface area (TPSA) is 108 Å². The van der Waals surface area contributed by atoms with Crippen molar-refractivity contribution in [3.05, 3.63) is 34.9 Å². The molecule has 8 nitrogen and oxygen atoms in total. The van der Waals surface area contributed by atoms with E-state index in [0.717, 1.165) is 30.3 Å². The third kappa shape index (κ3) is 4.64. The number of hydrogen-bond donors (Lipinski definition) is 3. The lowest BCUT2D eigenvalue weighted by Gasteiger charge is -2.30. The fourth-order valence-electron chi connectivity index (χ4n) is 4.20. The Morgan fingerprint density at radius 1 is 1.34 bits per heavy atom. The first-order chi connectivity index (χ1) is 13.9. The van der Waals surface area contributed by atoms with Crippen LogP contribution in [0, 0.1) is 0 Å². The van der Waals surface area contributed by atoms with Crippen molar-refractivity contribution in [3.63, 3.8) is 0 Å². The Balaban J connectivity index is 1.71. The van der Waals surface area contributed by atoms with E-state index in [4.69, 9.17) is 0 Å². The predicted octanol–water partition coefficient (Wildman–Crippen LogP) is 0.665. The minimum absolute atomic E-state index is 0.0216. The number of fused-ring (bicyclic) bond motifs is 1. The molecular weight excluding hydrogens is 372 g/mol. The zero-order valence-electron chi connectivity index (χ0n) is 16.9. The summed E-state index contributed by atoms with van der Waals surface area (Å²) >= 11 is 0. The molecule has 3 unspecified atom stereocenters. The molecule has 8 heteroatoms. The Morgan fingerprint density at radius 3 is 2.76 bits per heavy atom. The van der Waals surface area contributed by atoms with Crippen molar-refractivity contribution >= 4 is 24.0 Å². The summed E-state index contributed by atoms with van der Waals surface area (Å²) < 4.78 is 0. The van der Waals surface area contributed by atoms with Crippen LogP contribution in [0.25, 0.3) is 0 Å². The molecular formula is C21H28N4O4. The molecule has 2 heterocycles. The van der Waals surface area contributed by atoms with Gasteiger partial charge in [-0.05, 0) is 36.5 Å². The highest BCUT2D eigenvalue weighted by Gasteiger charge is 2.36. The lowest BCUT2D eigenvalue weighted by molar-refractivity contribution is -0.125. The van der Waals surface area contributed by atoms with Crippen LogP contribution in [0.5, 0.6) is 0 Å². The van der Waals surface area contributed by atoms with Crippen molar-refractivity contribution in [2.45, 2.75) is 57.3 Å². The van der Waals surface area contributed by atoms with Gasteiger partial charge in [-0.3, -0.25) is 14.4 Å². The summed E-state index contributed by atoms with van der Waals surface area (Å²) in [4.78, 5) is 48.7. The van der Waals surface area contributed by atoms with Crippen molar-refractivity contribution in [3.8, 4) is 0 Å². The number of rotatable bonds is 7. The van der Waals surface area contributed by atoms with Crippen molar-refractivity contribution in [2.75, 3.05) is 13.6 Å². The average Bonchev–Trinajstić information content (AvgIpc) is 3.04. The molecule has 0 spiro atoms. The molecule has 1 fully saturated rings. The van der Waals surface area contributed by atoms with E-state index in [-0.39, 0.29) is 36.2 Å². The molecule has 1 aromatic carbocycles. The van der Waals surface area contributed by atoms with Crippen LogP contribution in [0.1, 0.15) is 60.1 Å². The monoisotopic (exact) mass is 400 g/mol. The van der Waals surface area contributed by atoms with Crippen molar-refractivity contribution in [1.82, 2.24) is 20.9 Å². The lowest BCUT2D eigenvalue weighted by Crippen LogP contribution is -2.46. The highest BCUT2D eigenvalue weighted by atomic mass is 16.2. The molecule has 1 aromatic rings. The zero-order valence-corrected chi connectivity index (χ0v) is 16.9. The quantitative estimate of drug-likeness (QED) is 0.583. The number of piperidine rings is 1. The van der Waals surface area contributed by atoms with E-state index in [1.54, 1.807) is 4.90 Å². The van der Waals surface area contributed by atoms with Crippen LogP contribution in [0.15, 0.2) is 18.2 Å².